The smallest absolute Gasteiger partial charge is 0.355 e. The molecule has 1 saturated heterocycles. The van der Waals surface area contributed by atoms with Crippen LogP contribution in [0.3, 0.4) is 0 Å². The lowest BCUT2D eigenvalue weighted by Crippen LogP contribution is -2.34. The number of anilines is 1. The molecule has 1 saturated carbocycles. The van der Waals surface area contributed by atoms with E-state index in [2.05, 4.69) is 20.4 Å². The van der Waals surface area contributed by atoms with E-state index in [1.165, 1.54) is 18.9 Å². The molecule has 0 spiro atoms. The first kappa shape index (κ1) is 17.3. The van der Waals surface area contributed by atoms with Gasteiger partial charge in [0.1, 0.15) is 0 Å². The lowest BCUT2D eigenvalue weighted by Gasteiger charge is -2.31. The number of aromatic nitrogens is 6. The maximum atomic E-state index is 12.6. The molecule has 28 heavy (non-hydrogen) atoms. The molecule has 7 nitrogen and oxygen atoms in total. The van der Waals surface area contributed by atoms with Crippen molar-refractivity contribution in [2.24, 2.45) is 0 Å². The lowest BCUT2D eigenvalue weighted by atomic mass is 9.96. The fourth-order valence-corrected chi connectivity index (χ4v) is 3.68. The van der Waals surface area contributed by atoms with Gasteiger partial charge in [-0.25, -0.2) is 0 Å². The molecule has 0 bridgehead atoms. The van der Waals surface area contributed by atoms with Crippen LogP contribution in [0.4, 0.5) is 19.0 Å². The third-order valence-corrected chi connectivity index (χ3v) is 5.43. The normalized spacial score (nSPS) is 18.8. The second kappa shape index (κ2) is 6.39. The Hall–Kier alpha value is -2.78. The molecular formula is C18H18F3N7. The summed E-state index contributed by atoms with van der Waals surface area (Å²) in [5.41, 5.74) is 0.861. The summed E-state index contributed by atoms with van der Waals surface area (Å²) in [5, 5.41) is 20.4. The highest BCUT2D eigenvalue weighted by Gasteiger charge is 2.33. The molecule has 0 radical (unpaired) electrons. The van der Waals surface area contributed by atoms with E-state index >= 15 is 0 Å². The maximum Gasteiger partial charge on any atom is 0.435 e. The minimum Gasteiger partial charge on any atom is -0.355 e. The Morgan fingerprint density at radius 2 is 1.61 bits per heavy atom. The maximum absolute atomic E-state index is 12.6. The largest absolute Gasteiger partial charge is 0.435 e. The lowest BCUT2D eigenvalue weighted by molar-refractivity contribution is -0.141. The van der Waals surface area contributed by atoms with Crippen molar-refractivity contribution in [1.82, 2.24) is 30.0 Å². The molecule has 1 aliphatic carbocycles. The van der Waals surface area contributed by atoms with Crippen LogP contribution in [0, 0.1) is 0 Å². The highest BCUT2D eigenvalue weighted by Crippen LogP contribution is 2.39. The number of rotatable bonds is 3. The number of hydrogen-bond acceptors (Lipinski definition) is 6. The fraction of sp³-hybridized carbons (Fsp3) is 0.500. The molecule has 10 heteroatoms. The third kappa shape index (κ3) is 3.16. The molecule has 3 aromatic heterocycles. The van der Waals surface area contributed by atoms with E-state index in [4.69, 9.17) is 5.10 Å². The quantitative estimate of drug-likeness (QED) is 0.685. The first-order valence-electron chi connectivity index (χ1n) is 9.37. The van der Waals surface area contributed by atoms with Gasteiger partial charge in [0, 0.05) is 24.9 Å². The van der Waals surface area contributed by atoms with Crippen molar-refractivity contribution >= 4 is 11.5 Å². The van der Waals surface area contributed by atoms with Gasteiger partial charge in [0.2, 0.25) is 0 Å². The summed E-state index contributed by atoms with van der Waals surface area (Å²) in [4.78, 5) is 1.95. The van der Waals surface area contributed by atoms with E-state index in [9.17, 15) is 13.2 Å². The van der Waals surface area contributed by atoms with Crippen LogP contribution in [0.1, 0.15) is 54.7 Å². The van der Waals surface area contributed by atoms with Gasteiger partial charge in [-0.1, -0.05) is 0 Å². The monoisotopic (exact) mass is 389 g/mol. The van der Waals surface area contributed by atoms with E-state index < -0.39 is 11.9 Å². The Balaban J connectivity index is 1.31. The van der Waals surface area contributed by atoms with Gasteiger partial charge in [-0.3, -0.25) is 0 Å². The number of halogens is 3. The van der Waals surface area contributed by atoms with Crippen molar-refractivity contribution < 1.29 is 13.2 Å². The van der Waals surface area contributed by atoms with Crippen LogP contribution >= 0.6 is 0 Å². The van der Waals surface area contributed by atoms with Crippen LogP contribution in [0.5, 0.6) is 0 Å². The van der Waals surface area contributed by atoms with Crippen molar-refractivity contribution in [2.45, 2.75) is 43.7 Å². The zero-order valence-electron chi connectivity index (χ0n) is 15.0. The SMILES string of the molecule is FC(F)(F)c1ccc(N2CCC(c3nnc4ccc(C5CC5)nn34)CC2)nn1. The highest BCUT2D eigenvalue weighted by molar-refractivity contribution is 5.40. The van der Waals surface area contributed by atoms with Crippen LogP contribution in [-0.2, 0) is 6.18 Å². The molecule has 0 aromatic carbocycles. The van der Waals surface area contributed by atoms with Gasteiger partial charge < -0.3 is 4.90 Å². The first-order chi connectivity index (χ1) is 13.5. The molecule has 0 N–H and O–H groups in total. The molecule has 0 atom stereocenters. The Kier molecular flexibility index (Phi) is 3.95. The second-order valence-electron chi connectivity index (χ2n) is 7.40. The average Bonchev–Trinajstić information content (AvgIpc) is 3.47. The molecule has 3 aromatic rings. The topological polar surface area (TPSA) is 72.1 Å². The number of piperidine rings is 1. The Morgan fingerprint density at radius 1 is 0.821 bits per heavy atom. The molecular weight excluding hydrogens is 371 g/mol. The van der Waals surface area contributed by atoms with E-state index in [0.29, 0.717) is 24.8 Å². The van der Waals surface area contributed by atoms with Gasteiger partial charge in [0.25, 0.3) is 0 Å². The average molecular weight is 389 g/mol. The van der Waals surface area contributed by atoms with Crippen LogP contribution in [0.2, 0.25) is 0 Å². The number of fused-ring (bicyclic) bond motifs is 1. The van der Waals surface area contributed by atoms with E-state index in [1.54, 1.807) is 0 Å². The third-order valence-electron chi connectivity index (χ3n) is 5.43. The zero-order chi connectivity index (χ0) is 19.3. The van der Waals surface area contributed by atoms with Crippen molar-refractivity contribution in [2.75, 3.05) is 18.0 Å². The van der Waals surface area contributed by atoms with Crippen molar-refractivity contribution in [3.8, 4) is 0 Å². The van der Waals surface area contributed by atoms with Gasteiger partial charge in [-0.2, -0.15) is 22.8 Å². The predicted molar refractivity (Wildman–Crippen MR) is 94.0 cm³/mol. The summed E-state index contributed by atoms with van der Waals surface area (Å²) < 4.78 is 39.8. The molecule has 2 aliphatic rings. The molecule has 1 aliphatic heterocycles. The number of nitrogens with zero attached hydrogens (tertiary/aromatic N) is 7. The van der Waals surface area contributed by atoms with Crippen molar-refractivity contribution in [1.29, 1.82) is 0 Å². The van der Waals surface area contributed by atoms with Crippen LogP contribution in [-0.4, -0.2) is 43.1 Å². The van der Waals surface area contributed by atoms with Crippen molar-refractivity contribution in [3.05, 3.63) is 41.5 Å². The Labute approximate surface area is 158 Å². The minimum atomic E-state index is -4.47. The van der Waals surface area contributed by atoms with Gasteiger partial charge in [-0.15, -0.1) is 20.4 Å². The summed E-state index contributed by atoms with van der Waals surface area (Å²) in [6.45, 7) is 1.34. The van der Waals surface area contributed by atoms with Gasteiger partial charge in [-0.05, 0) is 49.9 Å². The molecule has 5 rings (SSSR count). The molecule has 0 unspecified atom stereocenters. The highest BCUT2D eigenvalue weighted by atomic mass is 19.4. The summed E-state index contributed by atoms with van der Waals surface area (Å²) >= 11 is 0. The molecule has 4 heterocycles. The van der Waals surface area contributed by atoms with E-state index in [-0.39, 0.29) is 5.92 Å². The Bertz CT molecular complexity index is 987. The standard InChI is InChI=1S/C18H18F3N7/c19-18(20,21)14-4-6-15(23-22-14)27-9-7-12(8-10-27)17-25-24-16-5-3-13(11-1-2-11)26-28(16)17/h3-6,11-12H,1-2,7-10H2. The van der Waals surface area contributed by atoms with E-state index in [0.717, 1.165) is 36.1 Å². The van der Waals surface area contributed by atoms with Crippen LogP contribution in [0.25, 0.3) is 5.65 Å². The molecule has 2 fully saturated rings. The van der Waals surface area contributed by atoms with Gasteiger partial charge in [0.05, 0.1) is 5.69 Å². The zero-order valence-corrected chi connectivity index (χ0v) is 15.0. The van der Waals surface area contributed by atoms with Gasteiger partial charge in [0.15, 0.2) is 23.0 Å². The first-order valence-corrected chi connectivity index (χ1v) is 9.37. The van der Waals surface area contributed by atoms with Gasteiger partial charge >= 0.3 is 6.18 Å². The summed E-state index contributed by atoms with van der Waals surface area (Å²) in [6.07, 6.45) is -0.498. The predicted octanol–water partition coefficient (Wildman–Crippen LogP) is 3.19. The second-order valence-corrected chi connectivity index (χ2v) is 7.40. The van der Waals surface area contributed by atoms with E-state index in [1.807, 2.05) is 21.5 Å². The Morgan fingerprint density at radius 3 is 2.25 bits per heavy atom. The molecule has 146 valence electrons. The van der Waals surface area contributed by atoms with Crippen LogP contribution < -0.4 is 4.90 Å². The molecule has 0 amide bonds. The summed E-state index contributed by atoms with van der Waals surface area (Å²) in [5.74, 6) is 2.08. The summed E-state index contributed by atoms with van der Waals surface area (Å²) in [6, 6.07) is 6.34. The minimum absolute atomic E-state index is 0.204. The van der Waals surface area contributed by atoms with Crippen LogP contribution in [0.15, 0.2) is 24.3 Å². The fourth-order valence-electron chi connectivity index (χ4n) is 3.68. The summed E-state index contributed by atoms with van der Waals surface area (Å²) in [7, 11) is 0. The van der Waals surface area contributed by atoms with Crippen molar-refractivity contribution in [3.63, 3.8) is 0 Å². The number of alkyl halides is 3. The number of hydrogen-bond donors (Lipinski definition) is 0.